The van der Waals surface area contributed by atoms with Crippen molar-refractivity contribution in [2.24, 2.45) is 0 Å². The Kier molecular flexibility index (Phi) is 5.99. The molecule has 0 aliphatic carbocycles. The molecule has 0 saturated heterocycles. The van der Waals surface area contributed by atoms with E-state index >= 15 is 0 Å². The Morgan fingerprint density at radius 2 is 1.11 bits per heavy atom. The molecular weight excluding hydrogens is 534 g/mol. The highest BCUT2D eigenvalue weighted by molar-refractivity contribution is 5.86. The summed E-state index contributed by atoms with van der Waals surface area (Å²) in [6, 6.07) is 35.8. The number of fused-ring (bicyclic) bond motifs is 5. The van der Waals surface area contributed by atoms with Crippen molar-refractivity contribution in [2.45, 2.75) is 41.0 Å². The molecular formula is C41H36N3+3. The first-order valence-electron chi connectivity index (χ1n) is 15.5. The Balaban J connectivity index is 1.74. The van der Waals surface area contributed by atoms with Crippen molar-refractivity contribution in [3.05, 3.63) is 143 Å². The summed E-state index contributed by atoms with van der Waals surface area (Å²) in [4.78, 5) is 0. The number of aromatic nitrogens is 3. The van der Waals surface area contributed by atoms with Crippen molar-refractivity contribution in [3.8, 4) is 50.7 Å². The fraction of sp³-hybridized carbons (Fsp3) is 0.146. The van der Waals surface area contributed by atoms with Crippen LogP contribution in [0.15, 0.2) is 109 Å². The maximum absolute atomic E-state index is 2.63. The van der Waals surface area contributed by atoms with Gasteiger partial charge >= 0.3 is 0 Å². The molecule has 212 valence electrons. The number of hydrogen-bond acceptors (Lipinski definition) is 0. The van der Waals surface area contributed by atoms with Gasteiger partial charge in [-0.1, -0.05) is 42.5 Å². The lowest BCUT2D eigenvalue weighted by Crippen LogP contribution is -2.42. The molecule has 0 unspecified atom stereocenters. The van der Waals surface area contributed by atoms with Crippen molar-refractivity contribution in [1.82, 2.24) is 0 Å². The van der Waals surface area contributed by atoms with Gasteiger partial charge in [-0.3, -0.25) is 0 Å². The summed E-state index contributed by atoms with van der Waals surface area (Å²) in [5.41, 5.74) is 20.0. The van der Waals surface area contributed by atoms with Gasteiger partial charge in [0.15, 0.2) is 12.4 Å². The number of nitrogens with zero attached hydrogens (tertiary/aromatic N) is 3. The number of rotatable bonds is 1. The molecule has 0 spiro atoms. The van der Waals surface area contributed by atoms with E-state index in [0.717, 1.165) is 6.42 Å². The van der Waals surface area contributed by atoms with Crippen LogP contribution < -0.4 is 13.7 Å². The van der Waals surface area contributed by atoms with Gasteiger partial charge in [0.2, 0.25) is 34.7 Å². The smallest absolute Gasteiger partial charge is 0.160 e. The Morgan fingerprint density at radius 1 is 0.523 bits per heavy atom. The molecule has 2 aliphatic heterocycles. The molecule has 44 heavy (non-hydrogen) atoms. The third-order valence-electron chi connectivity index (χ3n) is 9.45. The first kappa shape index (κ1) is 26.5. The van der Waals surface area contributed by atoms with Gasteiger partial charge in [-0.25, -0.2) is 0 Å². The molecule has 0 saturated carbocycles. The van der Waals surface area contributed by atoms with Gasteiger partial charge in [-0.05, 0) is 87.2 Å². The monoisotopic (exact) mass is 570 g/mol. The van der Waals surface area contributed by atoms with Crippen LogP contribution in [0.2, 0.25) is 0 Å². The Labute approximate surface area is 259 Å². The maximum atomic E-state index is 2.63. The van der Waals surface area contributed by atoms with Crippen LogP contribution in [-0.2, 0) is 6.42 Å². The predicted octanol–water partition coefficient (Wildman–Crippen LogP) is 8.07. The molecule has 4 bridgehead atoms. The second kappa shape index (κ2) is 9.96. The minimum Gasteiger partial charge on any atom is -0.160 e. The minimum atomic E-state index is 0.787. The lowest BCUT2D eigenvalue weighted by molar-refractivity contribution is -0.591. The molecule has 5 heterocycles. The average molecular weight is 571 g/mol. The highest BCUT2D eigenvalue weighted by atomic mass is 15.1. The van der Waals surface area contributed by atoms with Gasteiger partial charge in [0.25, 0.3) is 5.70 Å². The van der Waals surface area contributed by atoms with Crippen LogP contribution in [0.4, 0.5) is 0 Å². The van der Waals surface area contributed by atoms with Crippen LogP contribution in [-0.4, -0.2) is 0 Å². The summed E-state index contributed by atoms with van der Waals surface area (Å²) in [6.45, 7) is 11.4. The molecule has 0 amide bonds. The molecule has 0 radical (unpaired) electrons. The molecule has 3 aromatic heterocycles. The van der Waals surface area contributed by atoms with E-state index in [2.05, 4.69) is 164 Å². The van der Waals surface area contributed by atoms with Crippen LogP contribution in [0, 0.1) is 34.6 Å². The molecule has 0 atom stereocenters. The molecule has 0 N–H and O–H groups in total. The molecule has 3 heteroatoms. The fourth-order valence-corrected chi connectivity index (χ4v) is 7.62. The average Bonchev–Trinajstić information content (AvgIpc) is 3.03. The molecule has 2 aliphatic rings. The SMILES string of the molecule is Cc1ccccc1-c1c(C)cc(C)c2[n+]1-c1c3c(C)cc(C)c1-c1cccc[n+]1/C(=C\[n+]1ccccc1-3)Cc1ccccc1-2. The fourth-order valence-electron chi connectivity index (χ4n) is 7.62. The Morgan fingerprint density at radius 3 is 1.89 bits per heavy atom. The van der Waals surface area contributed by atoms with Crippen molar-refractivity contribution < 1.29 is 13.7 Å². The van der Waals surface area contributed by atoms with Crippen molar-refractivity contribution in [1.29, 1.82) is 0 Å². The van der Waals surface area contributed by atoms with E-state index < -0.39 is 0 Å². The summed E-state index contributed by atoms with van der Waals surface area (Å²) in [6.07, 6.45) is 7.56. The lowest BCUT2D eigenvalue weighted by Gasteiger charge is -2.21. The minimum absolute atomic E-state index is 0.787. The summed E-state index contributed by atoms with van der Waals surface area (Å²) < 4.78 is 7.37. The number of benzene rings is 3. The van der Waals surface area contributed by atoms with Crippen LogP contribution in [0.5, 0.6) is 0 Å². The van der Waals surface area contributed by atoms with Crippen LogP contribution in [0.1, 0.15) is 33.4 Å². The molecule has 3 aromatic carbocycles. The van der Waals surface area contributed by atoms with E-state index in [-0.39, 0.29) is 0 Å². The lowest BCUT2D eigenvalue weighted by atomic mass is 9.88. The van der Waals surface area contributed by atoms with Crippen molar-refractivity contribution in [3.63, 3.8) is 0 Å². The van der Waals surface area contributed by atoms with E-state index in [1.54, 1.807) is 0 Å². The normalized spacial score (nSPS) is 13.9. The zero-order valence-corrected chi connectivity index (χ0v) is 26.0. The second-order valence-corrected chi connectivity index (χ2v) is 12.4. The Hall–Kier alpha value is -5.15. The topological polar surface area (TPSA) is 11.6 Å². The summed E-state index contributed by atoms with van der Waals surface area (Å²) in [5, 5.41) is 0. The van der Waals surface area contributed by atoms with Gasteiger partial charge in [-0.2, -0.15) is 13.7 Å². The Bertz CT molecular complexity index is 2200. The van der Waals surface area contributed by atoms with Crippen LogP contribution in [0.3, 0.4) is 0 Å². The van der Waals surface area contributed by atoms with E-state index in [1.165, 1.54) is 89.8 Å². The van der Waals surface area contributed by atoms with Gasteiger partial charge in [-0.15, -0.1) is 0 Å². The highest BCUT2D eigenvalue weighted by Crippen LogP contribution is 2.42. The third kappa shape index (κ3) is 3.85. The molecule has 6 aromatic rings. The highest BCUT2D eigenvalue weighted by Gasteiger charge is 2.41. The summed E-state index contributed by atoms with van der Waals surface area (Å²) in [7, 11) is 0. The first-order chi connectivity index (χ1) is 21.4. The number of aryl methyl sites for hydroxylation is 5. The zero-order valence-electron chi connectivity index (χ0n) is 26.0. The molecule has 3 nitrogen and oxygen atoms in total. The molecule has 0 fully saturated rings. The van der Waals surface area contributed by atoms with Crippen LogP contribution >= 0.6 is 0 Å². The van der Waals surface area contributed by atoms with Crippen LogP contribution in [0.25, 0.3) is 62.6 Å². The van der Waals surface area contributed by atoms with Gasteiger partial charge < -0.3 is 0 Å². The third-order valence-corrected chi connectivity index (χ3v) is 9.45. The van der Waals surface area contributed by atoms with E-state index in [0.29, 0.717) is 0 Å². The van der Waals surface area contributed by atoms with Crippen molar-refractivity contribution >= 4 is 11.9 Å². The van der Waals surface area contributed by atoms with E-state index in [9.17, 15) is 0 Å². The number of hydrogen-bond donors (Lipinski definition) is 0. The maximum Gasteiger partial charge on any atom is 0.256 e. The van der Waals surface area contributed by atoms with E-state index in [4.69, 9.17) is 0 Å². The van der Waals surface area contributed by atoms with Gasteiger partial charge in [0.05, 0.1) is 12.0 Å². The van der Waals surface area contributed by atoms with Gasteiger partial charge in [0, 0.05) is 41.0 Å². The van der Waals surface area contributed by atoms with E-state index in [1.807, 2.05) is 0 Å². The summed E-state index contributed by atoms with van der Waals surface area (Å²) in [5.74, 6) is 0. The van der Waals surface area contributed by atoms with Crippen molar-refractivity contribution in [2.75, 3.05) is 0 Å². The largest absolute Gasteiger partial charge is 0.256 e. The van der Waals surface area contributed by atoms with Gasteiger partial charge in [0.1, 0.15) is 11.1 Å². The molecule has 8 rings (SSSR count). The zero-order chi connectivity index (χ0) is 30.1. The number of allylic oxidation sites excluding steroid dienone is 1. The quantitative estimate of drug-likeness (QED) is 0.177. The second-order valence-electron chi connectivity index (χ2n) is 12.4. The summed E-state index contributed by atoms with van der Waals surface area (Å²) >= 11 is 0. The first-order valence-corrected chi connectivity index (χ1v) is 15.5. The standard InChI is InChI=1S/C41H36N3/c1-26-14-6-8-16-33(26)39-29(4)23-30(5)40-34-17-9-7-15-31(34)24-32-25-42-20-12-10-18-35(42)37-27(2)22-28(3)38(41(37)44(39)40)36-19-11-13-21-43(32)36/h6-23,25H,24H2,1-5H3/q+3/b32-25-. The number of pyridine rings is 3. The predicted molar refractivity (Wildman–Crippen MR) is 178 cm³/mol.